The van der Waals surface area contributed by atoms with E-state index >= 15 is 0 Å². The molecule has 1 aliphatic rings. The third kappa shape index (κ3) is 4.75. The number of ether oxygens (including phenoxy) is 1. The van der Waals surface area contributed by atoms with E-state index in [0.717, 1.165) is 27.8 Å². The van der Waals surface area contributed by atoms with Crippen molar-refractivity contribution in [2.45, 2.75) is 24.9 Å². The first kappa shape index (κ1) is 22.3. The molecular weight excluding hydrogens is 442 g/mol. The largest absolute Gasteiger partial charge is 0.481 e. The van der Waals surface area contributed by atoms with Crippen LogP contribution in [-0.4, -0.2) is 27.4 Å². The number of carboxylic acids is 1. The van der Waals surface area contributed by atoms with Gasteiger partial charge in [-0.15, -0.1) is 5.10 Å². The number of rotatable bonds is 7. The van der Waals surface area contributed by atoms with Crippen molar-refractivity contribution in [1.82, 2.24) is 10.2 Å². The topological polar surface area (TPSA) is 101 Å². The highest BCUT2D eigenvalue weighted by Gasteiger charge is 2.51. The van der Waals surface area contributed by atoms with Crippen LogP contribution in [0.5, 0.6) is 0 Å². The molecule has 4 aromatic rings. The Morgan fingerprint density at radius 2 is 1.49 bits per heavy atom. The number of benzene rings is 3. The number of hydrogen-bond acceptors (Lipinski definition) is 5. The molecule has 0 spiro atoms. The molecule has 5 rings (SSSR count). The monoisotopic (exact) mass is 465 g/mol. The van der Waals surface area contributed by atoms with Crippen LogP contribution in [0.25, 0.3) is 22.4 Å². The lowest BCUT2D eigenvalue weighted by Gasteiger charge is -2.12. The fraction of sp³-hybridized carbons (Fsp3) is 0.143. The average molecular weight is 466 g/mol. The molecule has 1 heterocycles. The zero-order valence-electron chi connectivity index (χ0n) is 18.8. The summed E-state index contributed by atoms with van der Waals surface area (Å²) >= 11 is 0. The molecule has 35 heavy (non-hydrogen) atoms. The van der Waals surface area contributed by atoms with Gasteiger partial charge in [0.25, 0.3) is 0 Å². The highest BCUT2D eigenvalue weighted by molar-refractivity contribution is 5.90. The van der Waals surface area contributed by atoms with Gasteiger partial charge in [-0.2, -0.15) is 5.10 Å². The molecule has 0 saturated heterocycles. The second-order valence-electron chi connectivity index (χ2n) is 8.52. The average Bonchev–Trinajstić information content (AvgIpc) is 3.71. The minimum Gasteiger partial charge on any atom is -0.481 e. The minimum atomic E-state index is -0.757. The van der Waals surface area contributed by atoms with Crippen molar-refractivity contribution in [2.75, 3.05) is 5.32 Å². The number of nitrogens with zero attached hydrogens (tertiary/aromatic N) is 2. The van der Waals surface area contributed by atoms with Crippen molar-refractivity contribution in [3.05, 3.63) is 102 Å². The van der Waals surface area contributed by atoms with E-state index in [2.05, 4.69) is 15.5 Å². The zero-order valence-corrected chi connectivity index (χ0v) is 18.8. The van der Waals surface area contributed by atoms with Crippen molar-refractivity contribution in [2.24, 2.45) is 0 Å². The van der Waals surface area contributed by atoms with E-state index < -0.39 is 17.5 Å². The summed E-state index contributed by atoms with van der Waals surface area (Å²) < 4.78 is 5.32. The van der Waals surface area contributed by atoms with E-state index in [1.165, 1.54) is 6.20 Å². The lowest BCUT2D eigenvalue weighted by Crippen LogP contribution is -2.19. The molecule has 1 fully saturated rings. The van der Waals surface area contributed by atoms with Gasteiger partial charge in [0, 0.05) is 5.56 Å². The highest BCUT2D eigenvalue weighted by Crippen LogP contribution is 2.48. The fourth-order valence-electron chi connectivity index (χ4n) is 4.07. The Bertz CT molecular complexity index is 1350. The van der Waals surface area contributed by atoms with Gasteiger partial charge in [-0.1, -0.05) is 78.9 Å². The second-order valence-corrected chi connectivity index (χ2v) is 8.52. The van der Waals surface area contributed by atoms with E-state index in [1.54, 1.807) is 6.07 Å². The van der Waals surface area contributed by atoms with Crippen LogP contribution in [0.2, 0.25) is 0 Å². The van der Waals surface area contributed by atoms with Crippen LogP contribution in [0.1, 0.15) is 24.0 Å². The SMILES string of the molecule is O=C(Nc1ccnnc1-c1ccc(-c2ccc(C3(C(=O)O)CC3)cc2)cc1)OCc1ccccc1. The molecule has 1 saturated carbocycles. The fourth-order valence-corrected chi connectivity index (χ4v) is 4.07. The first-order valence-electron chi connectivity index (χ1n) is 11.3. The van der Waals surface area contributed by atoms with Crippen molar-refractivity contribution in [1.29, 1.82) is 0 Å². The predicted octanol–water partition coefficient (Wildman–Crippen LogP) is 5.68. The molecular formula is C28H23N3O4. The van der Waals surface area contributed by atoms with Crippen LogP contribution in [-0.2, 0) is 21.6 Å². The number of amides is 1. The number of hydrogen-bond donors (Lipinski definition) is 2. The van der Waals surface area contributed by atoms with Crippen LogP contribution in [0, 0.1) is 0 Å². The first-order valence-corrected chi connectivity index (χ1v) is 11.3. The molecule has 1 aliphatic carbocycles. The molecule has 0 bridgehead atoms. The number of aromatic nitrogens is 2. The van der Waals surface area contributed by atoms with E-state index in [-0.39, 0.29) is 6.61 Å². The molecule has 7 heteroatoms. The van der Waals surface area contributed by atoms with Crippen molar-refractivity contribution in [3.8, 4) is 22.4 Å². The van der Waals surface area contributed by atoms with Crippen LogP contribution >= 0.6 is 0 Å². The molecule has 0 unspecified atom stereocenters. The van der Waals surface area contributed by atoms with Gasteiger partial charge in [0.2, 0.25) is 0 Å². The minimum absolute atomic E-state index is 0.168. The van der Waals surface area contributed by atoms with Gasteiger partial charge < -0.3 is 9.84 Å². The summed E-state index contributed by atoms with van der Waals surface area (Å²) in [4.78, 5) is 23.9. The van der Waals surface area contributed by atoms with Gasteiger partial charge in [-0.25, -0.2) is 4.79 Å². The molecule has 0 atom stereocenters. The third-order valence-electron chi connectivity index (χ3n) is 6.26. The van der Waals surface area contributed by atoms with Gasteiger partial charge in [0.15, 0.2) is 0 Å². The molecule has 1 amide bonds. The summed E-state index contributed by atoms with van der Waals surface area (Å²) in [6.45, 7) is 0.168. The summed E-state index contributed by atoms with van der Waals surface area (Å²) in [5.74, 6) is -0.757. The second kappa shape index (κ2) is 9.38. The highest BCUT2D eigenvalue weighted by atomic mass is 16.5. The van der Waals surface area contributed by atoms with Crippen LogP contribution in [0.4, 0.5) is 10.5 Å². The molecule has 2 N–H and O–H groups in total. The van der Waals surface area contributed by atoms with Crippen molar-refractivity contribution < 1.29 is 19.4 Å². The summed E-state index contributed by atoms with van der Waals surface area (Å²) in [5.41, 5.74) is 4.83. The van der Waals surface area contributed by atoms with Crippen LogP contribution in [0.3, 0.4) is 0 Å². The van der Waals surface area contributed by atoms with Gasteiger partial charge in [-0.3, -0.25) is 10.1 Å². The van der Waals surface area contributed by atoms with Crippen molar-refractivity contribution in [3.63, 3.8) is 0 Å². The first-order chi connectivity index (χ1) is 17.0. The Morgan fingerprint density at radius 1 is 0.857 bits per heavy atom. The van der Waals surface area contributed by atoms with Gasteiger partial charge in [0.05, 0.1) is 17.3 Å². The van der Waals surface area contributed by atoms with E-state index in [4.69, 9.17) is 4.74 Å². The maximum Gasteiger partial charge on any atom is 0.412 e. The normalized spacial score (nSPS) is 13.6. The predicted molar refractivity (Wildman–Crippen MR) is 132 cm³/mol. The lowest BCUT2D eigenvalue weighted by atomic mass is 9.93. The quantitative estimate of drug-likeness (QED) is 0.364. The standard InChI is InChI=1S/C28H23N3O4/c32-26(33)28(15-16-28)23-12-10-21(11-13-23)20-6-8-22(9-7-20)25-24(14-17-29-31-25)30-27(34)35-18-19-4-2-1-3-5-19/h1-14,17H,15-16,18H2,(H,32,33)(H,29,30,34). The maximum atomic E-state index is 12.3. The molecule has 0 aliphatic heterocycles. The van der Waals surface area contributed by atoms with Crippen LogP contribution in [0.15, 0.2) is 91.1 Å². The smallest absolute Gasteiger partial charge is 0.412 e. The Morgan fingerprint density at radius 3 is 2.11 bits per heavy atom. The molecule has 3 aromatic carbocycles. The summed E-state index contributed by atoms with van der Waals surface area (Å²) in [6, 6.07) is 26.6. The number of anilines is 1. The Labute approximate surface area is 202 Å². The molecule has 7 nitrogen and oxygen atoms in total. The summed E-state index contributed by atoms with van der Waals surface area (Å²) in [5, 5.41) is 20.4. The van der Waals surface area contributed by atoms with E-state index in [0.29, 0.717) is 24.2 Å². The molecule has 174 valence electrons. The zero-order chi connectivity index (χ0) is 24.3. The Kier molecular flexibility index (Phi) is 5.97. The summed E-state index contributed by atoms with van der Waals surface area (Å²) in [7, 11) is 0. The van der Waals surface area contributed by atoms with Gasteiger partial charge >= 0.3 is 12.1 Å². The maximum absolute atomic E-state index is 12.3. The number of carbonyl (C=O) groups is 2. The Balaban J connectivity index is 1.29. The lowest BCUT2D eigenvalue weighted by molar-refractivity contribution is -0.140. The number of nitrogens with one attached hydrogen (secondary N) is 1. The van der Waals surface area contributed by atoms with E-state index in [1.807, 2.05) is 78.9 Å². The Hall–Kier alpha value is -4.52. The van der Waals surface area contributed by atoms with Gasteiger partial charge in [0.1, 0.15) is 12.3 Å². The van der Waals surface area contributed by atoms with Crippen LogP contribution < -0.4 is 5.32 Å². The third-order valence-corrected chi connectivity index (χ3v) is 6.26. The molecule has 1 aromatic heterocycles. The number of carboxylic acid groups (broad SMARTS) is 1. The van der Waals surface area contributed by atoms with Crippen molar-refractivity contribution >= 4 is 17.7 Å². The number of aliphatic carboxylic acids is 1. The van der Waals surface area contributed by atoms with Gasteiger partial charge in [-0.05, 0) is 41.2 Å². The summed E-state index contributed by atoms with van der Waals surface area (Å²) in [6.07, 6.45) is 2.31. The van der Waals surface area contributed by atoms with E-state index in [9.17, 15) is 14.7 Å². The number of carbonyl (C=O) groups excluding carboxylic acids is 1. The molecule has 0 radical (unpaired) electrons.